The van der Waals surface area contributed by atoms with E-state index in [1.165, 1.54) is 16.7 Å². The summed E-state index contributed by atoms with van der Waals surface area (Å²) in [5.41, 5.74) is 1.09. The van der Waals surface area contributed by atoms with Gasteiger partial charge in [-0.15, -0.1) is 0 Å². The summed E-state index contributed by atoms with van der Waals surface area (Å²) < 4.78 is 0. The second-order valence-corrected chi connectivity index (χ2v) is 5.07. The maximum Gasteiger partial charge on any atom is 0.254 e. The van der Waals surface area contributed by atoms with Crippen molar-refractivity contribution in [1.29, 1.82) is 5.41 Å². The average Bonchev–Trinajstić information content (AvgIpc) is 2.26. The van der Waals surface area contributed by atoms with Crippen LogP contribution in [0.1, 0.15) is 27.7 Å². The Balaban J connectivity index is 0. The van der Waals surface area contributed by atoms with Gasteiger partial charge in [0.25, 0.3) is 5.91 Å². The molecule has 101 valence electrons. The van der Waals surface area contributed by atoms with Crippen molar-refractivity contribution in [3.05, 3.63) is 24.3 Å². The normalized spacial score (nSPS) is 10.7. The van der Waals surface area contributed by atoms with Gasteiger partial charge in [0.15, 0.2) is 5.17 Å². The molecule has 0 spiro atoms. The first-order chi connectivity index (χ1) is 8.22. The van der Waals surface area contributed by atoms with Crippen molar-refractivity contribution in [1.82, 2.24) is 4.90 Å². The van der Waals surface area contributed by atoms with Crippen LogP contribution in [0.5, 0.6) is 0 Å². The van der Waals surface area contributed by atoms with Crippen LogP contribution < -0.4 is 0 Å². The molecule has 1 radical (unpaired) electrons. The zero-order chi connectivity index (χ0) is 14.5. The molecule has 0 saturated carbocycles. The fourth-order valence-corrected chi connectivity index (χ4v) is 1.46. The van der Waals surface area contributed by atoms with Crippen LogP contribution >= 0.6 is 11.8 Å². The van der Waals surface area contributed by atoms with Gasteiger partial charge in [0.2, 0.25) is 0 Å². The van der Waals surface area contributed by atoms with E-state index in [1.807, 2.05) is 13.8 Å². The minimum Gasteiger partial charge on any atom is -0.290 e. The zero-order valence-electron chi connectivity index (χ0n) is 12.7. The molecule has 6 heteroatoms. The fourth-order valence-electron chi connectivity index (χ4n) is 1.28. The Morgan fingerprint density at radius 1 is 1.26 bits per heavy atom. The molecular formula is C13H21FrN3OS. The van der Waals surface area contributed by atoms with Crippen LogP contribution in [0.3, 0.4) is 0 Å². The third kappa shape index (κ3) is 6.98. The standard InChI is InChI=1S/C13H21N3OS.Fr/c1-8(2)11(15-13(14)18-7)16(10(5)6)12(17)9(3)4;/h10,14H,1,3H2,2,4-7H3;/b14-13?,15-11+;. The first-order valence-corrected chi connectivity index (χ1v) is 6.81. The van der Waals surface area contributed by atoms with Crippen LogP contribution in [0.4, 0.5) is 0 Å². The van der Waals surface area contributed by atoms with Gasteiger partial charge in [-0.1, -0.05) is 24.9 Å². The monoisotopic (exact) mass is 490 g/mol. The molecule has 0 aromatic rings. The van der Waals surface area contributed by atoms with Crippen molar-refractivity contribution in [3.8, 4) is 0 Å². The number of carbonyl (C=O) groups excluding carboxylic acids is 1. The van der Waals surface area contributed by atoms with Gasteiger partial charge < -0.3 is 0 Å². The fraction of sp³-hybridized carbons (Fsp3) is 0.462. The number of amidine groups is 2. The Hall–Kier alpha value is 0.237. The molecule has 0 bridgehead atoms. The number of aliphatic imine (C=N–C) groups is 1. The zero-order valence-corrected chi connectivity index (χ0v) is 21.7. The molecule has 19 heavy (non-hydrogen) atoms. The second kappa shape index (κ2) is 10.0. The number of nitrogens with zero attached hydrogens (tertiary/aromatic N) is 2. The summed E-state index contributed by atoms with van der Waals surface area (Å²) in [4.78, 5) is 17.8. The largest absolute Gasteiger partial charge is 0.290 e. The SMILES string of the molecule is C=C(C)C(=O)N(/C(=N/C(=N)SC)C(=C)C)C(C)C.[Fr]. The third-order valence-electron chi connectivity index (χ3n) is 2.11. The van der Waals surface area contributed by atoms with Gasteiger partial charge in [-0.25, -0.2) is 4.99 Å². The Morgan fingerprint density at radius 2 is 1.74 bits per heavy atom. The van der Waals surface area contributed by atoms with Crippen molar-refractivity contribution >= 4 is 28.7 Å². The molecule has 0 unspecified atom stereocenters. The summed E-state index contributed by atoms with van der Waals surface area (Å²) in [6.45, 7) is 14.7. The quantitative estimate of drug-likeness (QED) is 0.376. The summed E-state index contributed by atoms with van der Waals surface area (Å²) in [6.07, 6.45) is 1.77. The minimum atomic E-state index is -0.194. The van der Waals surface area contributed by atoms with E-state index in [4.69, 9.17) is 5.41 Å². The molecule has 0 aliphatic heterocycles. The number of thioether (sulfide) groups is 1. The van der Waals surface area contributed by atoms with E-state index in [9.17, 15) is 4.79 Å². The Bertz CT molecular complexity index is 416. The smallest absolute Gasteiger partial charge is 0.254 e. The van der Waals surface area contributed by atoms with Gasteiger partial charge in [0.1, 0.15) is 5.84 Å². The van der Waals surface area contributed by atoms with E-state index < -0.39 is 0 Å². The van der Waals surface area contributed by atoms with Gasteiger partial charge in [0.05, 0.1) is 0 Å². The van der Waals surface area contributed by atoms with Gasteiger partial charge in [-0.2, -0.15) is 0 Å². The van der Waals surface area contributed by atoms with Crippen LogP contribution in [0, 0.1) is 55.3 Å². The molecule has 0 rings (SSSR count). The van der Waals surface area contributed by atoms with Gasteiger partial charge >= 0.3 is 0 Å². The molecule has 1 amide bonds. The predicted molar refractivity (Wildman–Crippen MR) is 80.3 cm³/mol. The van der Waals surface area contributed by atoms with Gasteiger partial charge in [-0.3, -0.25) is 15.1 Å². The topological polar surface area (TPSA) is 56.5 Å². The van der Waals surface area contributed by atoms with Crippen LogP contribution in [-0.4, -0.2) is 34.1 Å². The van der Waals surface area contributed by atoms with Gasteiger partial charge in [-0.05, 0) is 39.5 Å². The van der Waals surface area contributed by atoms with E-state index in [2.05, 4.69) is 18.2 Å². The summed E-state index contributed by atoms with van der Waals surface area (Å²) in [7, 11) is 0. The summed E-state index contributed by atoms with van der Waals surface area (Å²) in [5.74, 6) is 0.234. The Kier molecular flexibility index (Phi) is 11.4. The molecular weight excluding hydrogens is 469 g/mol. The van der Waals surface area contributed by atoms with E-state index in [0.717, 1.165) is 0 Å². The maximum absolute atomic E-state index is 12.1. The van der Waals surface area contributed by atoms with Crippen LogP contribution in [0.2, 0.25) is 0 Å². The van der Waals surface area contributed by atoms with Crippen molar-refractivity contribution in [2.75, 3.05) is 6.26 Å². The molecule has 0 aromatic heterocycles. The summed E-state index contributed by atoms with van der Waals surface area (Å²) in [6, 6.07) is -0.0701. The van der Waals surface area contributed by atoms with E-state index >= 15 is 0 Å². The molecule has 0 aromatic carbocycles. The molecule has 0 fully saturated rings. The average molecular weight is 490 g/mol. The first kappa shape index (κ1) is 21.5. The number of carbonyl (C=O) groups is 1. The number of rotatable bonds is 3. The molecule has 4 nitrogen and oxygen atoms in total. The molecule has 1 N–H and O–H groups in total. The third-order valence-corrected chi connectivity index (χ3v) is 2.59. The number of nitrogens with one attached hydrogen (secondary N) is 1. The molecule has 0 aliphatic carbocycles. The van der Waals surface area contributed by atoms with Crippen LogP contribution in [0.25, 0.3) is 0 Å². The maximum atomic E-state index is 12.1. The molecule has 0 heterocycles. The summed E-state index contributed by atoms with van der Waals surface area (Å²) >= 11 is 1.21. The van der Waals surface area contributed by atoms with Crippen molar-refractivity contribution in [2.45, 2.75) is 33.7 Å². The van der Waals surface area contributed by atoms with E-state index in [1.54, 1.807) is 20.1 Å². The molecule has 0 aliphatic rings. The van der Waals surface area contributed by atoms with Crippen LogP contribution in [-0.2, 0) is 4.79 Å². The van der Waals surface area contributed by atoms with Crippen molar-refractivity contribution in [3.63, 3.8) is 0 Å². The van der Waals surface area contributed by atoms with Crippen molar-refractivity contribution < 1.29 is 54.7 Å². The number of hydrogen-bond acceptors (Lipinski definition) is 3. The van der Waals surface area contributed by atoms with Crippen LogP contribution in [0.15, 0.2) is 29.3 Å². The molecule has 0 atom stereocenters. The minimum absolute atomic E-state index is 0. The Morgan fingerprint density at radius 3 is 2.00 bits per heavy atom. The second-order valence-electron chi connectivity index (χ2n) is 4.27. The number of hydrogen-bond donors (Lipinski definition) is 1. The Labute approximate surface area is 161 Å². The summed E-state index contributed by atoms with van der Waals surface area (Å²) in [5, 5.41) is 7.76. The van der Waals surface area contributed by atoms with Crippen molar-refractivity contribution in [2.24, 2.45) is 4.99 Å². The van der Waals surface area contributed by atoms with Gasteiger partial charge in [0, 0.05) is 61.5 Å². The van der Waals surface area contributed by atoms with E-state index in [-0.39, 0.29) is 67.0 Å². The first-order valence-electron chi connectivity index (χ1n) is 5.58. The molecule has 0 saturated heterocycles. The van der Waals surface area contributed by atoms with E-state index in [0.29, 0.717) is 17.0 Å². The number of amides is 1. The predicted octanol–water partition coefficient (Wildman–Crippen LogP) is 3.07.